The van der Waals surface area contributed by atoms with E-state index in [9.17, 15) is 4.79 Å². The molecule has 1 heterocycles. The summed E-state index contributed by atoms with van der Waals surface area (Å²) < 4.78 is 0. The molecule has 0 aliphatic heterocycles. The number of amides is 1. The fourth-order valence-electron chi connectivity index (χ4n) is 1.78. The third kappa shape index (κ3) is 4.08. The van der Waals surface area contributed by atoms with Crippen LogP contribution in [0.25, 0.3) is 0 Å². The summed E-state index contributed by atoms with van der Waals surface area (Å²) in [4.78, 5) is 22.5. The van der Waals surface area contributed by atoms with Gasteiger partial charge in [-0.05, 0) is 20.3 Å². The van der Waals surface area contributed by atoms with Gasteiger partial charge in [0.25, 0.3) is 0 Å². The molecule has 0 spiro atoms. The van der Waals surface area contributed by atoms with Crippen LogP contribution in [0.3, 0.4) is 0 Å². The fraction of sp³-hybridized carbons (Fsp3) is 0.643. The van der Waals surface area contributed by atoms with Crippen LogP contribution in [-0.2, 0) is 11.2 Å². The number of carbonyl (C=O) groups is 1. The van der Waals surface area contributed by atoms with Gasteiger partial charge in [-0.3, -0.25) is 4.79 Å². The molecule has 1 aromatic rings. The summed E-state index contributed by atoms with van der Waals surface area (Å²) in [6, 6.07) is 0. The molecule has 0 saturated heterocycles. The van der Waals surface area contributed by atoms with Crippen molar-refractivity contribution in [1.82, 2.24) is 14.9 Å². The van der Waals surface area contributed by atoms with Crippen LogP contribution in [0, 0.1) is 6.92 Å². The maximum atomic E-state index is 11.8. The molecular weight excluding hydrogens is 254 g/mol. The standard InChI is InChI=1S/C14H25N5O/c1-6-8-11-17-13(15-4)10(3)14(18-11)16-9-12(20)19(5)7-2/h6-9H2,1-5H3,(H2,15,16,17,18). The van der Waals surface area contributed by atoms with Crippen molar-refractivity contribution in [2.24, 2.45) is 0 Å². The lowest BCUT2D eigenvalue weighted by Crippen LogP contribution is -2.32. The zero-order chi connectivity index (χ0) is 15.1. The molecule has 6 heteroatoms. The number of anilines is 2. The molecule has 6 nitrogen and oxygen atoms in total. The van der Waals surface area contributed by atoms with E-state index in [0.717, 1.165) is 35.9 Å². The van der Waals surface area contributed by atoms with Gasteiger partial charge in [0.2, 0.25) is 5.91 Å². The molecular formula is C14H25N5O. The summed E-state index contributed by atoms with van der Waals surface area (Å²) in [6.45, 7) is 6.93. The number of hydrogen-bond donors (Lipinski definition) is 2. The van der Waals surface area contributed by atoms with Crippen molar-refractivity contribution in [3.63, 3.8) is 0 Å². The third-order valence-corrected chi connectivity index (χ3v) is 3.21. The number of likely N-dealkylation sites (N-methyl/N-ethyl adjacent to an activating group) is 1. The lowest BCUT2D eigenvalue weighted by Gasteiger charge is -2.17. The number of hydrogen-bond acceptors (Lipinski definition) is 5. The largest absolute Gasteiger partial charge is 0.373 e. The van der Waals surface area contributed by atoms with E-state index in [1.54, 1.807) is 11.9 Å². The monoisotopic (exact) mass is 279 g/mol. The van der Waals surface area contributed by atoms with Crippen LogP contribution in [0.4, 0.5) is 11.6 Å². The van der Waals surface area contributed by atoms with Gasteiger partial charge < -0.3 is 15.5 Å². The minimum Gasteiger partial charge on any atom is -0.373 e. The number of carbonyl (C=O) groups excluding carboxylic acids is 1. The third-order valence-electron chi connectivity index (χ3n) is 3.21. The van der Waals surface area contributed by atoms with Crippen LogP contribution in [0.15, 0.2) is 0 Å². The highest BCUT2D eigenvalue weighted by Gasteiger charge is 2.12. The fourth-order valence-corrected chi connectivity index (χ4v) is 1.78. The molecule has 2 N–H and O–H groups in total. The molecule has 0 unspecified atom stereocenters. The smallest absolute Gasteiger partial charge is 0.241 e. The van der Waals surface area contributed by atoms with E-state index in [4.69, 9.17) is 0 Å². The van der Waals surface area contributed by atoms with E-state index < -0.39 is 0 Å². The Hall–Kier alpha value is -1.85. The van der Waals surface area contributed by atoms with Gasteiger partial charge in [0.15, 0.2) is 0 Å². The van der Waals surface area contributed by atoms with Crippen molar-refractivity contribution in [2.45, 2.75) is 33.6 Å². The van der Waals surface area contributed by atoms with Gasteiger partial charge in [0.1, 0.15) is 17.5 Å². The van der Waals surface area contributed by atoms with Crippen molar-refractivity contribution in [1.29, 1.82) is 0 Å². The predicted molar refractivity (Wildman–Crippen MR) is 82.1 cm³/mol. The van der Waals surface area contributed by atoms with Gasteiger partial charge in [0, 0.05) is 32.6 Å². The topological polar surface area (TPSA) is 70.2 Å². The second-order valence-corrected chi connectivity index (χ2v) is 4.72. The highest BCUT2D eigenvalue weighted by atomic mass is 16.2. The number of rotatable bonds is 7. The first-order chi connectivity index (χ1) is 9.53. The number of nitrogens with one attached hydrogen (secondary N) is 2. The van der Waals surface area contributed by atoms with Gasteiger partial charge in [-0.2, -0.15) is 0 Å². The van der Waals surface area contributed by atoms with Gasteiger partial charge >= 0.3 is 0 Å². The van der Waals surface area contributed by atoms with Crippen LogP contribution in [0.2, 0.25) is 0 Å². The Morgan fingerprint density at radius 2 is 1.90 bits per heavy atom. The van der Waals surface area contributed by atoms with Crippen molar-refractivity contribution in [3.8, 4) is 0 Å². The first-order valence-corrected chi connectivity index (χ1v) is 7.06. The Morgan fingerprint density at radius 3 is 2.45 bits per heavy atom. The molecule has 0 bridgehead atoms. The van der Waals surface area contributed by atoms with Crippen LogP contribution < -0.4 is 10.6 Å². The molecule has 112 valence electrons. The predicted octanol–water partition coefficient (Wildman–Crippen LogP) is 1.67. The van der Waals surface area contributed by atoms with E-state index in [2.05, 4.69) is 27.5 Å². The lowest BCUT2D eigenvalue weighted by molar-refractivity contribution is -0.127. The molecule has 0 aromatic carbocycles. The molecule has 0 atom stereocenters. The Morgan fingerprint density at radius 1 is 1.25 bits per heavy atom. The average molecular weight is 279 g/mol. The van der Waals surface area contributed by atoms with Crippen molar-refractivity contribution < 1.29 is 4.79 Å². The van der Waals surface area contributed by atoms with Gasteiger partial charge in [0.05, 0.1) is 6.54 Å². The minimum absolute atomic E-state index is 0.0496. The Labute approximate surface area is 121 Å². The van der Waals surface area contributed by atoms with E-state index in [-0.39, 0.29) is 12.5 Å². The van der Waals surface area contributed by atoms with Gasteiger partial charge in [-0.15, -0.1) is 0 Å². The van der Waals surface area contributed by atoms with Crippen LogP contribution >= 0.6 is 0 Å². The van der Waals surface area contributed by atoms with E-state index in [1.165, 1.54) is 0 Å². The quantitative estimate of drug-likeness (QED) is 0.794. The minimum atomic E-state index is 0.0496. The van der Waals surface area contributed by atoms with Crippen LogP contribution in [-0.4, -0.2) is 48.0 Å². The molecule has 1 rings (SSSR count). The molecule has 0 fully saturated rings. The molecule has 0 aliphatic carbocycles. The van der Waals surface area contributed by atoms with Crippen molar-refractivity contribution in [3.05, 3.63) is 11.4 Å². The zero-order valence-electron chi connectivity index (χ0n) is 13.1. The highest BCUT2D eigenvalue weighted by Crippen LogP contribution is 2.19. The van der Waals surface area contributed by atoms with Crippen LogP contribution in [0.5, 0.6) is 0 Å². The number of aromatic nitrogens is 2. The van der Waals surface area contributed by atoms with E-state index >= 15 is 0 Å². The summed E-state index contributed by atoms with van der Waals surface area (Å²) in [5.74, 6) is 2.38. The maximum absolute atomic E-state index is 11.8. The summed E-state index contributed by atoms with van der Waals surface area (Å²) in [5, 5.41) is 6.19. The summed E-state index contributed by atoms with van der Waals surface area (Å²) in [6.07, 6.45) is 1.82. The molecule has 1 amide bonds. The van der Waals surface area contributed by atoms with E-state index in [1.807, 2.05) is 20.9 Å². The van der Waals surface area contributed by atoms with Crippen molar-refractivity contribution >= 4 is 17.5 Å². The first-order valence-electron chi connectivity index (χ1n) is 7.06. The molecule has 20 heavy (non-hydrogen) atoms. The van der Waals surface area contributed by atoms with Gasteiger partial charge in [-0.1, -0.05) is 6.92 Å². The summed E-state index contributed by atoms with van der Waals surface area (Å²) in [5.41, 5.74) is 0.930. The van der Waals surface area contributed by atoms with E-state index in [0.29, 0.717) is 6.54 Å². The van der Waals surface area contributed by atoms with Crippen molar-refractivity contribution in [2.75, 3.05) is 37.8 Å². The van der Waals surface area contributed by atoms with Gasteiger partial charge in [-0.25, -0.2) is 9.97 Å². The second kappa shape index (κ2) is 7.67. The molecule has 0 saturated carbocycles. The SMILES string of the molecule is CCCc1nc(NC)c(C)c(NCC(=O)N(C)CC)n1. The molecule has 0 aliphatic rings. The first kappa shape index (κ1) is 16.2. The van der Waals surface area contributed by atoms with Crippen LogP contribution in [0.1, 0.15) is 31.7 Å². The summed E-state index contributed by atoms with van der Waals surface area (Å²) in [7, 11) is 3.63. The average Bonchev–Trinajstić information content (AvgIpc) is 2.46. The zero-order valence-corrected chi connectivity index (χ0v) is 13.1. The molecule has 0 radical (unpaired) electrons. The lowest BCUT2D eigenvalue weighted by atomic mass is 10.2. The normalized spacial score (nSPS) is 10.2. The summed E-state index contributed by atoms with van der Waals surface area (Å²) >= 11 is 0. The second-order valence-electron chi connectivity index (χ2n) is 4.72. The number of aryl methyl sites for hydroxylation is 1. The molecule has 1 aromatic heterocycles. The maximum Gasteiger partial charge on any atom is 0.241 e. The highest BCUT2D eigenvalue weighted by molar-refractivity contribution is 5.80. The Kier molecular flexibility index (Phi) is 6.21. The Bertz CT molecular complexity index is 461. The Balaban J connectivity index is 2.87. The number of nitrogens with zero attached hydrogens (tertiary/aromatic N) is 3.